The van der Waals surface area contributed by atoms with E-state index in [-0.39, 0.29) is 5.69 Å². The molecule has 0 heterocycles. The Labute approximate surface area is 200 Å². The third-order valence-electron chi connectivity index (χ3n) is 4.35. The van der Waals surface area contributed by atoms with Crippen LogP contribution in [0, 0.1) is 23.3 Å². The maximum Gasteiger partial charge on any atom is 0.263 e. The van der Waals surface area contributed by atoms with Crippen molar-refractivity contribution in [1.82, 2.24) is 5.32 Å². The van der Waals surface area contributed by atoms with Crippen LogP contribution in [0.5, 0.6) is 5.75 Å². The molecule has 176 valence electrons. The largest absolute Gasteiger partial charge is 0.491 e. The molecule has 3 aromatic rings. The van der Waals surface area contributed by atoms with Crippen LogP contribution in [0.15, 0.2) is 48.5 Å². The monoisotopic (exact) mass is 511 g/mol. The van der Waals surface area contributed by atoms with Crippen molar-refractivity contribution in [2.24, 2.45) is 0 Å². The van der Waals surface area contributed by atoms with Crippen LogP contribution in [-0.4, -0.2) is 24.0 Å². The summed E-state index contributed by atoms with van der Waals surface area (Å²) in [6.45, 7) is 0. The van der Waals surface area contributed by atoms with E-state index in [2.05, 4.69) is 15.4 Å². The van der Waals surface area contributed by atoms with Gasteiger partial charge in [-0.15, -0.1) is 0 Å². The molecule has 0 fully saturated rings. The SMILES string of the molecule is COc1c(F)c(F)c(C(=O)NC(=S)Nc2cccc(NC(=O)c3cccc(Cl)c3)c2)c(F)c1F. The summed E-state index contributed by atoms with van der Waals surface area (Å²) in [5, 5.41) is 7.09. The van der Waals surface area contributed by atoms with Crippen LogP contribution in [0.3, 0.4) is 0 Å². The van der Waals surface area contributed by atoms with Crippen LogP contribution < -0.4 is 20.7 Å². The van der Waals surface area contributed by atoms with Crippen LogP contribution in [0.2, 0.25) is 5.02 Å². The molecule has 0 aliphatic carbocycles. The Hall–Kier alpha value is -3.70. The van der Waals surface area contributed by atoms with E-state index >= 15 is 0 Å². The zero-order chi connectivity index (χ0) is 25.0. The van der Waals surface area contributed by atoms with Crippen molar-refractivity contribution < 1.29 is 31.9 Å². The summed E-state index contributed by atoms with van der Waals surface area (Å²) in [5.74, 6) is -10.9. The number of halogens is 5. The molecule has 0 spiro atoms. The second-order valence-corrected chi connectivity index (χ2v) is 7.46. The predicted molar refractivity (Wildman–Crippen MR) is 122 cm³/mol. The number of benzene rings is 3. The molecule has 0 saturated heterocycles. The number of nitrogens with one attached hydrogen (secondary N) is 3. The molecule has 0 aliphatic rings. The van der Waals surface area contributed by atoms with Crippen LogP contribution in [0.1, 0.15) is 20.7 Å². The third-order valence-corrected chi connectivity index (χ3v) is 4.79. The molecule has 3 N–H and O–H groups in total. The Balaban J connectivity index is 1.71. The van der Waals surface area contributed by atoms with E-state index in [4.69, 9.17) is 23.8 Å². The van der Waals surface area contributed by atoms with Crippen molar-refractivity contribution in [1.29, 1.82) is 0 Å². The van der Waals surface area contributed by atoms with Crippen molar-refractivity contribution >= 4 is 52.1 Å². The minimum atomic E-state index is -1.94. The number of anilines is 2. The zero-order valence-electron chi connectivity index (χ0n) is 17.1. The van der Waals surface area contributed by atoms with Gasteiger partial charge in [0.1, 0.15) is 5.56 Å². The summed E-state index contributed by atoms with van der Waals surface area (Å²) in [4.78, 5) is 24.6. The fraction of sp³-hybridized carbons (Fsp3) is 0.0455. The third kappa shape index (κ3) is 5.43. The van der Waals surface area contributed by atoms with Crippen LogP contribution in [0.4, 0.5) is 28.9 Å². The smallest absolute Gasteiger partial charge is 0.263 e. The Kier molecular flexibility index (Phi) is 7.69. The first kappa shape index (κ1) is 24.9. The number of hydrogen-bond donors (Lipinski definition) is 3. The van der Waals surface area contributed by atoms with Crippen molar-refractivity contribution in [3.63, 3.8) is 0 Å². The van der Waals surface area contributed by atoms with E-state index in [1.165, 1.54) is 18.2 Å². The highest BCUT2D eigenvalue weighted by Gasteiger charge is 2.30. The Bertz CT molecular complexity index is 1280. The molecule has 0 aliphatic heterocycles. The van der Waals surface area contributed by atoms with Gasteiger partial charge in [-0.1, -0.05) is 23.7 Å². The lowest BCUT2D eigenvalue weighted by Gasteiger charge is -2.13. The summed E-state index contributed by atoms with van der Waals surface area (Å²) in [7, 11) is 0.810. The fourth-order valence-electron chi connectivity index (χ4n) is 2.83. The number of methoxy groups -OCH3 is 1. The molecular weight excluding hydrogens is 498 g/mol. The average Bonchev–Trinajstić information content (AvgIpc) is 2.78. The standard InChI is InChI=1S/C22H14ClF4N3O3S/c1-33-19-17(26)15(24)14(16(25)18(19)27)21(32)30-22(34)29-13-7-3-6-12(9-13)28-20(31)10-4-2-5-11(23)8-10/h2-9H,1H3,(H,28,31)(H2,29,30,32,34). The van der Waals surface area contributed by atoms with Gasteiger partial charge < -0.3 is 15.4 Å². The van der Waals surface area contributed by atoms with Crippen LogP contribution in [-0.2, 0) is 0 Å². The van der Waals surface area contributed by atoms with Gasteiger partial charge in [-0.05, 0) is 48.6 Å². The van der Waals surface area contributed by atoms with Crippen molar-refractivity contribution in [2.75, 3.05) is 17.7 Å². The van der Waals surface area contributed by atoms with Crippen molar-refractivity contribution in [3.8, 4) is 5.75 Å². The molecule has 6 nitrogen and oxygen atoms in total. The van der Waals surface area contributed by atoms with Gasteiger partial charge in [0.25, 0.3) is 11.8 Å². The number of thiocarbonyl (C=S) groups is 1. The van der Waals surface area contributed by atoms with E-state index in [0.29, 0.717) is 16.3 Å². The van der Waals surface area contributed by atoms with Gasteiger partial charge in [0.2, 0.25) is 11.6 Å². The first-order valence-electron chi connectivity index (χ1n) is 9.31. The maximum absolute atomic E-state index is 14.1. The molecule has 0 saturated carbocycles. The van der Waals surface area contributed by atoms with E-state index in [9.17, 15) is 27.2 Å². The lowest BCUT2D eigenvalue weighted by atomic mass is 10.1. The molecule has 0 unspecified atom stereocenters. The van der Waals surface area contributed by atoms with Gasteiger partial charge in [-0.25, -0.2) is 8.78 Å². The summed E-state index contributed by atoms with van der Waals surface area (Å²) < 4.78 is 60.2. The number of ether oxygens (including phenoxy) is 1. The highest BCUT2D eigenvalue weighted by atomic mass is 35.5. The number of hydrogen-bond acceptors (Lipinski definition) is 4. The molecule has 34 heavy (non-hydrogen) atoms. The Morgan fingerprint density at radius 3 is 2.03 bits per heavy atom. The predicted octanol–water partition coefficient (Wildman–Crippen LogP) is 5.28. The summed E-state index contributed by atoms with van der Waals surface area (Å²) in [6, 6.07) is 12.4. The first-order chi connectivity index (χ1) is 16.1. The van der Waals surface area contributed by atoms with E-state index in [1.54, 1.807) is 30.3 Å². The minimum absolute atomic E-state index is 0.280. The molecule has 2 amide bonds. The molecule has 3 aromatic carbocycles. The molecule has 0 aromatic heterocycles. The molecule has 0 bridgehead atoms. The maximum atomic E-state index is 14.1. The number of rotatable bonds is 5. The Morgan fingerprint density at radius 2 is 1.44 bits per heavy atom. The normalized spacial score (nSPS) is 10.4. The van der Waals surface area contributed by atoms with E-state index in [0.717, 1.165) is 7.11 Å². The van der Waals surface area contributed by atoms with Crippen LogP contribution >= 0.6 is 23.8 Å². The average molecular weight is 512 g/mol. The van der Waals surface area contributed by atoms with Crippen LogP contribution in [0.25, 0.3) is 0 Å². The highest BCUT2D eigenvalue weighted by molar-refractivity contribution is 7.80. The number of carbonyl (C=O) groups excluding carboxylic acids is 2. The first-order valence-corrected chi connectivity index (χ1v) is 10.1. The van der Waals surface area contributed by atoms with Gasteiger partial charge in [-0.3, -0.25) is 14.9 Å². The van der Waals surface area contributed by atoms with Crippen molar-refractivity contribution in [2.45, 2.75) is 0 Å². The molecule has 0 radical (unpaired) electrons. The second kappa shape index (κ2) is 10.5. The van der Waals surface area contributed by atoms with Gasteiger partial charge >= 0.3 is 0 Å². The lowest BCUT2D eigenvalue weighted by Crippen LogP contribution is -2.35. The second-order valence-electron chi connectivity index (χ2n) is 6.62. The molecule has 3 rings (SSSR count). The summed E-state index contributed by atoms with van der Waals surface area (Å²) >= 11 is 10.8. The van der Waals surface area contributed by atoms with Gasteiger partial charge in [0.05, 0.1) is 7.11 Å². The molecule has 0 atom stereocenters. The van der Waals surface area contributed by atoms with Gasteiger partial charge in [0, 0.05) is 22.0 Å². The number of carbonyl (C=O) groups is 2. The minimum Gasteiger partial charge on any atom is -0.491 e. The molecule has 12 heteroatoms. The fourth-order valence-corrected chi connectivity index (χ4v) is 3.23. The van der Waals surface area contributed by atoms with E-state index in [1.807, 2.05) is 5.32 Å². The van der Waals surface area contributed by atoms with Gasteiger partial charge in [0.15, 0.2) is 22.5 Å². The Morgan fingerprint density at radius 1 is 0.853 bits per heavy atom. The van der Waals surface area contributed by atoms with E-state index < -0.39 is 51.5 Å². The summed E-state index contributed by atoms with van der Waals surface area (Å²) in [5.41, 5.74) is -0.568. The summed E-state index contributed by atoms with van der Waals surface area (Å²) in [6.07, 6.45) is 0. The number of amides is 2. The van der Waals surface area contributed by atoms with Gasteiger partial charge in [-0.2, -0.15) is 8.78 Å². The van der Waals surface area contributed by atoms with Crippen molar-refractivity contribution in [3.05, 3.63) is 87.9 Å². The highest BCUT2D eigenvalue weighted by Crippen LogP contribution is 2.29. The zero-order valence-corrected chi connectivity index (χ0v) is 18.7. The lowest BCUT2D eigenvalue weighted by molar-refractivity contribution is 0.0965. The molecular formula is C22H14ClF4N3O3S. The topological polar surface area (TPSA) is 79.5 Å². The quantitative estimate of drug-likeness (QED) is 0.247.